The third-order valence-corrected chi connectivity index (χ3v) is 2.21. The summed E-state index contributed by atoms with van der Waals surface area (Å²) in [6, 6.07) is 1.37. The molecule has 0 aromatic carbocycles. The molecule has 1 heterocycles. The number of anilines is 1. The lowest BCUT2D eigenvalue weighted by Gasteiger charge is -2.29. The van der Waals surface area contributed by atoms with Crippen LogP contribution in [-0.4, -0.2) is 29.0 Å². The average molecular weight is 222 g/mol. The van der Waals surface area contributed by atoms with Crippen LogP contribution in [0, 0.1) is 5.41 Å². The molecule has 0 saturated carbocycles. The summed E-state index contributed by atoms with van der Waals surface area (Å²) in [5, 5.41) is 5.67. The van der Waals surface area contributed by atoms with Crippen molar-refractivity contribution in [1.29, 1.82) is 0 Å². The molecule has 1 aromatic rings. The van der Waals surface area contributed by atoms with Crippen molar-refractivity contribution < 1.29 is 4.79 Å². The molecule has 1 amide bonds. The van der Waals surface area contributed by atoms with Crippen LogP contribution in [-0.2, 0) is 4.79 Å². The number of carbonyl (C=O) groups excluding carboxylic acids is 1. The Morgan fingerprint density at radius 2 is 1.88 bits per heavy atom. The largest absolute Gasteiger partial charge is 0.357 e. The molecule has 0 radical (unpaired) electrons. The molecule has 5 heteroatoms. The molecule has 5 nitrogen and oxygen atoms in total. The van der Waals surface area contributed by atoms with E-state index in [0.717, 1.165) is 0 Å². The van der Waals surface area contributed by atoms with Crippen LogP contribution in [0.5, 0.6) is 0 Å². The summed E-state index contributed by atoms with van der Waals surface area (Å²) < 4.78 is 0. The highest BCUT2D eigenvalue weighted by Crippen LogP contribution is 2.21. The van der Waals surface area contributed by atoms with Crippen molar-refractivity contribution >= 4 is 11.9 Å². The van der Waals surface area contributed by atoms with E-state index in [1.54, 1.807) is 25.5 Å². The predicted octanol–water partition coefficient (Wildman–Crippen LogP) is 1.05. The minimum atomic E-state index is -0.361. The predicted molar refractivity (Wildman–Crippen MR) is 63.0 cm³/mol. The fourth-order valence-electron chi connectivity index (χ4n) is 1.32. The molecule has 0 spiro atoms. The molecule has 1 unspecified atom stereocenters. The number of hydrogen-bond acceptors (Lipinski definition) is 4. The Bertz CT molecular complexity index is 345. The van der Waals surface area contributed by atoms with Gasteiger partial charge < -0.3 is 10.6 Å². The van der Waals surface area contributed by atoms with Gasteiger partial charge in [-0.25, -0.2) is 9.97 Å². The van der Waals surface area contributed by atoms with Gasteiger partial charge in [-0.05, 0) is 11.5 Å². The molecular formula is C11H18N4O. The summed E-state index contributed by atoms with van der Waals surface area (Å²) in [6.45, 7) is 5.97. The number of nitrogens with one attached hydrogen (secondary N) is 2. The Balaban J connectivity index is 2.84. The second-order valence-electron chi connectivity index (χ2n) is 4.63. The number of nitrogens with zero attached hydrogens (tertiary/aromatic N) is 2. The number of hydrogen-bond donors (Lipinski definition) is 2. The summed E-state index contributed by atoms with van der Waals surface area (Å²) in [5.74, 6) is 0.394. The van der Waals surface area contributed by atoms with Crippen molar-refractivity contribution in [1.82, 2.24) is 15.3 Å². The van der Waals surface area contributed by atoms with E-state index in [1.165, 1.54) is 0 Å². The quantitative estimate of drug-likeness (QED) is 0.802. The van der Waals surface area contributed by atoms with Gasteiger partial charge in [0, 0.05) is 19.4 Å². The van der Waals surface area contributed by atoms with Gasteiger partial charge >= 0.3 is 0 Å². The zero-order chi connectivity index (χ0) is 12.2. The highest BCUT2D eigenvalue weighted by molar-refractivity contribution is 5.84. The molecule has 0 bridgehead atoms. The average Bonchev–Trinajstić information content (AvgIpc) is 2.25. The maximum Gasteiger partial charge on any atom is 0.242 e. The first-order chi connectivity index (χ1) is 7.45. The van der Waals surface area contributed by atoms with E-state index in [4.69, 9.17) is 0 Å². The van der Waals surface area contributed by atoms with Gasteiger partial charge in [0.05, 0.1) is 0 Å². The van der Waals surface area contributed by atoms with E-state index < -0.39 is 0 Å². The van der Waals surface area contributed by atoms with Crippen LogP contribution >= 0.6 is 0 Å². The van der Waals surface area contributed by atoms with Gasteiger partial charge in [-0.1, -0.05) is 20.8 Å². The van der Waals surface area contributed by atoms with Gasteiger partial charge in [0.1, 0.15) is 6.04 Å². The van der Waals surface area contributed by atoms with E-state index >= 15 is 0 Å². The van der Waals surface area contributed by atoms with Crippen LogP contribution in [0.15, 0.2) is 18.5 Å². The van der Waals surface area contributed by atoms with Crippen LogP contribution in [0.1, 0.15) is 20.8 Å². The second-order valence-corrected chi connectivity index (χ2v) is 4.63. The normalized spacial score (nSPS) is 13.0. The number of amides is 1. The van der Waals surface area contributed by atoms with Gasteiger partial charge in [0.25, 0.3) is 0 Å². The Labute approximate surface area is 95.7 Å². The van der Waals surface area contributed by atoms with Gasteiger partial charge in [-0.2, -0.15) is 0 Å². The molecule has 0 aliphatic carbocycles. The van der Waals surface area contributed by atoms with Gasteiger partial charge in [0.15, 0.2) is 0 Å². The minimum Gasteiger partial charge on any atom is -0.357 e. The number of rotatable bonds is 3. The van der Waals surface area contributed by atoms with Crippen molar-refractivity contribution in [2.45, 2.75) is 26.8 Å². The van der Waals surface area contributed by atoms with Gasteiger partial charge in [-0.3, -0.25) is 4.79 Å². The fourth-order valence-corrected chi connectivity index (χ4v) is 1.32. The van der Waals surface area contributed by atoms with Crippen molar-refractivity contribution in [3.05, 3.63) is 18.5 Å². The molecule has 0 aliphatic rings. The van der Waals surface area contributed by atoms with E-state index in [-0.39, 0.29) is 17.4 Å². The van der Waals surface area contributed by atoms with Crippen LogP contribution in [0.25, 0.3) is 0 Å². The lowest BCUT2D eigenvalue weighted by atomic mass is 9.86. The third-order valence-electron chi connectivity index (χ3n) is 2.21. The highest BCUT2D eigenvalue weighted by Gasteiger charge is 2.31. The number of aromatic nitrogens is 2. The van der Waals surface area contributed by atoms with Gasteiger partial charge in [0.2, 0.25) is 11.9 Å². The minimum absolute atomic E-state index is 0.0695. The van der Waals surface area contributed by atoms with E-state index in [0.29, 0.717) is 5.95 Å². The standard InChI is InChI=1S/C11H18N4O/c1-11(2,3)8(9(16)12-4)15-10-13-6-5-7-14-10/h5-8H,1-4H3,(H,12,16)(H,13,14,15). The molecule has 1 rings (SSSR count). The number of likely N-dealkylation sites (N-methyl/N-ethyl adjacent to an activating group) is 1. The lowest BCUT2D eigenvalue weighted by molar-refractivity contribution is -0.123. The van der Waals surface area contributed by atoms with Crippen molar-refractivity contribution in [2.24, 2.45) is 5.41 Å². The summed E-state index contributed by atoms with van der Waals surface area (Å²) in [7, 11) is 1.62. The lowest BCUT2D eigenvalue weighted by Crippen LogP contribution is -2.46. The highest BCUT2D eigenvalue weighted by atomic mass is 16.2. The van der Waals surface area contributed by atoms with E-state index in [9.17, 15) is 4.79 Å². The molecular weight excluding hydrogens is 204 g/mol. The smallest absolute Gasteiger partial charge is 0.242 e. The SMILES string of the molecule is CNC(=O)C(Nc1ncccn1)C(C)(C)C. The molecule has 16 heavy (non-hydrogen) atoms. The molecule has 2 N–H and O–H groups in total. The first-order valence-corrected chi connectivity index (χ1v) is 5.20. The third kappa shape index (κ3) is 3.18. The topological polar surface area (TPSA) is 66.9 Å². The molecule has 1 aromatic heterocycles. The first-order valence-electron chi connectivity index (χ1n) is 5.20. The first kappa shape index (κ1) is 12.4. The summed E-state index contributed by atoms with van der Waals surface area (Å²) in [4.78, 5) is 19.8. The molecule has 0 fully saturated rings. The fraction of sp³-hybridized carbons (Fsp3) is 0.545. The molecule has 1 atom stereocenters. The van der Waals surface area contributed by atoms with Crippen LogP contribution < -0.4 is 10.6 Å². The van der Waals surface area contributed by atoms with Crippen LogP contribution in [0.4, 0.5) is 5.95 Å². The van der Waals surface area contributed by atoms with E-state index in [2.05, 4.69) is 20.6 Å². The van der Waals surface area contributed by atoms with E-state index in [1.807, 2.05) is 20.8 Å². The summed E-state index contributed by atoms with van der Waals surface area (Å²) in [5.41, 5.74) is -0.209. The zero-order valence-corrected chi connectivity index (χ0v) is 10.1. The Morgan fingerprint density at radius 1 is 1.31 bits per heavy atom. The monoisotopic (exact) mass is 222 g/mol. The Hall–Kier alpha value is -1.65. The molecule has 0 aliphatic heterocycles. The molecule has 0 saturated heterocycles. The summed E-state index contributed by atoms with van der Waals surface area (Å²) in [6.07, 6.45) is 3.28. The summed E-state index contributed by atoms with van der Waals surface area (Å²) >= 11 is 0. The van der Waals surface area contributed by atoms with Crippen molar-refractivity contribution in [3.63, 3.8) is 0 Å². The maximum absolute atomic E-state index is 11.7. The number of carbonyl (C=O) groups is 1. The Kier molecular flexibility index (Phi) is 3.82. The zero-order valence-electron chi connectivity index (χ0n) is 10.1. The van der Waals surface area contributed by atoms with Gasteiger partial charge in [-0.15, -0.1) is 0 Å². The second kappa shape index (κ2) is 4.92. The molecule has 88 valence electrons. The maximum atomic E-state index is 11.7. The van der Waals surface area contributed by atoms with Crippen molar-refractivity contribution in [2.75, 3.05) is 12.4 Å². The van der Waals surface area contributed by atoms with Crippen molar-refractivity contribution in [3.8, 4) is 0 Å². The van der Waals surface area contributed by atoms with Crippen LogP contribution in [0.2, 0.25) is 0 Å². The van der Waals surface area contributed by atoms with Crippen LogP contribution in [0.3, 0.4) is 0 Å². The Morgan fingerprint density at radius 3 is 2.31 bits per heavy atom.